The van der Waals surface area contributed by atoms with Gasteiger partial charge in [-0.1, -0.05) is 24.3 Å². The van der Waals surface area contributed by atoms with Crippen LogP contribution in [-0.4, -0.2) is 46.6 Å². The van der Waals surface area contributed by atoms with Gasteiger partial charge in [0.05, 0.1) is 23.0 Å². The molecule has 0 heterocycles. The number of carboxylic acid groups (broad SMARTS) is 2. The summed E-state index contributed by atoms with van der Waals surface area (Å²) in [6.45, 7) is 12.8. The first-order valence-electron chi connectivity index (χ1n) is 10.8. The van der Waals surface area contributed by atoms with Crippen molar-refractivity contribution in [1.82, 2.24) is 0 Å². The van der Waals surface area contributed by atoms with Crippen LogP contribution in [0.4, 0.5) is 0 Å². The molecule has 0 aliphatic carbocycles. The van der Waals surface area contributed by atoms with Gasteiger partial charge < -0.3 is 19.7 Å². The third-order valence-corrected chi connectivity index (χ3v) is 5.48. The van der Waals surface area contributed by atoms with Crippen molar-refractivity contribution in [3.8, 4) is 0 Å². The van der Waals surface area contributed by atoms with E-state index in [-0.39, 0.29) is 11.2 Å². The molecule has 6 heteroatoms. The van der Waals surface area contributed by atoms with Gasteiger partial charge >= 0.3 is 11.9 Å². The van der Waals surface area contributed by atoms with Gasteiger partial charge in [0.1, 0.15) is 0 Å². The van der Waals surface area contributed by atoms with Crippen LogP contribution >= 0.6 is 0 Å². The van der Waals surface area contributed by atoms with Crippen molar-refractivity contribution in [3.05, 3.63) is 35.4 Å². The molecule has 0 aliphatic heterocycles. The summed E-state index contributed by atoms with van der Waals surface area (Å²) in [7, 11) is 0. The Morgan fingerprint density at radius 2 is 1.07 bits per heavy atom. The summed E-state index contributed by atoms with van der Waals surface area (Å²) >= 11 is 0. The van der Waals surface area contributed by atoms with Crippen LogP contribution in [0.1, 0.15) is 90.2 Å². The van der Waals surface area contributed by atoms with Crippen LogP contribution in [0.15, 0.2) is 24.3 Å². The minimum Gasteiger partial charge on any atom is -0.481 e. The first kappa shape index (κ1) is 26.1. The normalized spacial score (nSPS) is 14.3. The zero-order valence-corrected chi connectivity index (χ0v) is 19.2. The standard InChI is InChI=1S/C24H38O6/c1-7-29-23(3,4)15-13-19(21(25)26)17-9-11-18(12-10-17)20(22(27)28)14-16-24(5,6)30-8-2/h9-12,19-20H,7-8,13-16H2,1-6H3,(H,25,26)(H,27,28). The van der Waals surface area contributed by atoms with Crippen molar-refractivity contribution < 1.29 is 29.3 Å². The van der Waals surface area contributed by atoms with Gasteiger partial charge in [-0.25, -0.2) is 0 Å². The lowest BCUT2D eigenvalue weighted by molar-refractivity contribution is -0.140. The highest BCUT2D eigenvalue weighted by Gasteiger charge is 2.28. The van der Waals surface area contributed by atoms with E-state index in [0.29, 0.717) is 50.0 Å². The summed E-state index contributed by atoms with van der Waals surface area (Å²) in [6, 6.07) is 6.97. The summed E-state index contributed by atoms with van der Waals surface area (Å²) in [5, 5.41) is 19.4. The number of ether oxygens (including phenoxy) is 2. The Labute approximate surface area is 180 Å². The van der Waals surface area contributed by atoms with Crippen LogP contribution in [0.3, 0.4) is 0 Å². The van der Waals surface area contributed by atoms with Crippen LogP contribution in [0, 0.1) is 0 Å². The lowest BCUT2D eigenvalue weighted by Crippen LogP contribution is -2.26. The second kappa shape index (κ2) is 11.5. The number of aliphatic carboxylic acids is 2. The predicted molar refractivity (Wildman–Crippen MR) is 117 cm³/mol. The molecule has 0 fully saturated rings. The van der Waals surface area contributed by atoms with E-state index in [2.05, 4.69) is 0 Å². The zero-order chi connectivity index (χ0) is 22.9. The van der Waals surface area contributed by atoms with Crippen molar-refractivity contribution in [2.24, 2.45) is 0 Å². The van der Waals surface area contributed by atoms with Crippen LogP contribution in [0.2, 0.25) is 0 Å². The predicted octanol–water partition coefficient (Wildman–Crippen LogP) is 5.21. The molecule has 0 saturated heterocycles. The lowest BCUT2D eigenvalue weighted by atomic mass is 9.86. The lowest BCUT2D eigenvalue weighted by Gasteiger charge is -2.27. The van der Waals surface area contributed by atoms with Crippen molar-refractivity contribution in [1.29, 1.82) is 0 Å². The van der Waals surface area contributed by atoms with Crippen molar-refractivity contribution in [2.75, 3.05) is 13.2 Å². The van der Waals surface area contributed by atoms with Gasteiger partial charge in [-0.2, -0.15) is 0 Å². The highest BCUT2D eigenvalue weighted by molar-refractivity contribution is 5.77. The molecule has 0 amide bonds. The Balaban J connectivity index is 2.93. The fraction of sp³-hybridized carbons (Fsp3) is 0.667. The molecule has 170 valence electrons. The van der Waals surface area contributed by atoms with Crippen molar-refractivity contribution in [2.45, 2.75) is 90.3 Å². The Kier molecular flexibility index (Phi) is 9.98. The minimum absolute atomic E-state index is 0.385. The minimum atomic E-state index is -0.886. The quantitative estimate of drug-likeness (QED) is 0.427. The van der Waals surface area contributed by atoms with Crippen LogP contribution in [0.25, 0.3) is 0 Å². The molecule has 1 aromatic carbocycles. The van der Waals surface area contributed by atoms with Crippen LogP contribution in [-0.2, 0) is 19.1 Å². The number of benzene rings is 1. The molecule has 2 unspecified atom stereocenters. The Morgan fingerprint density at radius 1 is 0.767 bits per heavy atom. The monoisotopic (exact) mass is 422 g/mol. The average molecular weight is 423 g/mol. The molecule has 0 saturated carbocycles. The summed E-state index contributed by atoms with van der Waals surface area (Å²) in [6.07, 6.45) is 2.13. The third kappa shape index (κ3) is 8.44. The number of carbonyl (C=O) groups is 2. The second-order valence-corrected chi connectivity index (χ2v) is 8.91. The number of hydrogen-bond acceptors (Lipinski definition) is 4. The highest BCUT2D eigenvalue weighted by atomic mass is 16.5. The van der Waals surface area contributed by atoms with E-state index < -0.39 is 23.8 Å². The topological polar surface area (TPSA) is 93.1 Å². The van der Waals surface area contributed by atoms with Gasteiger partial charge in [0.15, 0.2) is 0 Å². The molecule has 1 rings (SSSR count). The first-order valence-corrected chi connectivity index (χ1v) is 10.8. The Hall–Kier alpha value is -1.92. The van der Waals surface area contributed by atoms with Crippen LogP contribution in [0.5, 0.6) is 0 Å². The van der Waals surface area contributed by atoms with Gasteiger partial charge in [-0.05, 0) is 78.4 Å². The van der Waals surface area contributed by atoms with E-state index in [1.807, 2.05) is 41.5 Å². The van der Waals surface area contributed by atoms with E-state index in [1.165, 1.54) is 0 Å². The van der Waals surface area contributed by atoms with E-state index in [4.69, 9.17) is 9.47 Å². The molecular weight excluding hydrogens is 384 g/mol. The Bertz CT molecular complexity index is 618. The Morgan fingerprint density at radius 3 is 1.30 bits per heavy atom. The first-order chi connectivity index (χ1) is 13.9. The summed E-state index contributed by atoms with van der Waals surface area (Å²) in [5.41, 5.74) is 0.587. The molecule has 0 aliphatic rings. The highest BCUT2D eigenvalue weighted by Crippen LogP contribution is 2.31. The third-order valence-electron chi connectivity index (χ3n) is 5.48. The van der Waals surface area contributed by atoms with Gasteiger partial charge in [0, 0.05) is 13.2 Å². The number of carboxylic acids is 2. The van der Waals surface area contributed by atoms with E-state index >= 15 is 0 Å². The van der Waals surface area contributed by atoms with Gasteiger partial charge in [-0.15, -0.1) is 0 Å². The van der Waals surface area contributed by atoms with E-state index in [9.17, 15) is 19.8 Å². The molecule has 30 heavy (non-hydrogen) atoms. The summed E-state index contributed by atoms with van der Waals surface area (Å²) in [5.74, 6) is -3.08. The molecule has 1 aromatic rings. The maximum absolute atomic E-state index is 11.8. The van der Waals surface area contributed by atoms with Crippen LogP contribution < -0.4 is 0 Å². The molecule has 2 N–H and O–H groups in total. The largest absolute Gasteiger partial charge is 0.481 e. The molecule has 0 spiro atoms. The number of rotatable bonds is 14. The molecule has 0 bridgehead atoms. The maximum Gasteiger partial charge on any atom is 0.310 e. The fourth-order valence-electron chi connectivity index (χ4n) is 3.74. The zero-order valence-electron chi connectivity index (χ0n) is 19.2. The molecule has 2 atom stereocenters. The van der Waals surface area contributed by atoms with Crippen molar-refractivity contribution >= 4 is 11.9 Å². The molecular formula is C24H38O6. The molecule has 6 nitrogen and oxygen atoms in total. The smallest absolute Gasteiger partial charge is 0.310 e. The van der Waals surface area contributed by atoms with Gasteiger partial charge in [0.2, 0.25) is 0 Å². The fourth-order valence-corrected chi connectivity index (χ4v) is 3.74. The van der Waals surface area contributed by atoms with E-state index in [0.717, 1.165) is 0 Å². The average Bonchev–Trinajstić information content (AvgIpc) is 2.62. The van der Waals surface area contributed by atoms with E-state index in [1.54, 1.807) is 24.3 Å². The van der Waals surface area contributed by atoms with Gasteiger partial charge in [0.25, 0.3) is 0 Å². The molecule has 0 aromatic heterocycles. The SMILES string of the molecule is CCOC(C)(C)CCC(C(=O)O)c1ccc(C(CCC(C)(C)OCC)C(=O)O)cc1. The maximum atomic E-state index is 11.8. The summed E-state index contributed by atoms with van der Waals surface area (Å²) < 4.78 is 11.4. The number of hydrogen-bond donors (Lipinski definition) is 2. The van der Waals surface area contributed by atoms with Crippen molar-refractivity contribution in [3.63, 3.8) is 0 Å². The second-order valence-electron chi connectivity index (χ2n) is 8.91. The molecule has 0 radical (unpaired) electrons. The van der Waals surface area contributed by atoms with Gasteiger partial charge in [-0.3, -0.25) is 9.59 Å². The summed E-state index contributed by atoms with van der Waals surface area (Å²) in [4.78, 5) is 23.7.